The predicted molar refractivity (Wildman–Crippen MR) is 81.6 cm³/mol. The first-order chi connectivity index (χ1) is 9.63. The Bertz CT molecular complexity index is 623. The molecule has 0 aliphatic rings. The Morgan fingerprint density at radius 2 is 1.90 bits per heavy atom. The molecule has 2 aromatic carbocycles. The summed E-state index contributed by atoms with van der Waals surface area (Å²) in [4.78, 5) is 10.7. The molecule has 0 N–H and O–H groups in total. The van der Waals surface area contributed by atoms with Gasteiger partial charge < -0.3 is 9.47 Å². The maximum atomic E-state index is 10.7. The van der Waals surface area contributed by atoms with Gasteiger partial charge in [-0.2, -0.15) is 0 Å². The van der Waals surface area contributed by atoms with Gasteiger partial charge in [0.05, 0.1) is 11.6 Å². The van der Waals surface area contributed by atoms with Gasteiger partial charge in [0, 0.05) is 11.1 Å². The highest BCUT2D eigenvalue weighted by Gasteiger charge is 2.07. The van der Waals surface area contributed by atoms with Crippen molar-refractivity contribution in [2.45, 2.75) is 13.5 Å². The summed E-state index contributed by atoms with van der Waals surface area (Å²) in [5.41, 5.74) is 2.75. The number of aryl methyl sites for hydroxylation is 1. The monoisotopic (exact) mass is 334 g/mol. The lowest BCUT2D eigenvalue weighted by molar-refractivity contribution is 0.112. The van der Waals surface area contributed by atoms with Crippen LogP contribution in [0.4, 0.5) is 0 Å². The first-order valence-corrected chi connectivity index (χ1v) is 6.94. The fraction of sp³-hybridized carbons (Fsp3) is 0.188. The molecule has 0 saturated heterocycles. The maximum Gasteiger partial charge on any atom is 0.150 e. The number of halogens is 1. The van der Waals surface area contributed by atoms with E-state index < -0.39 is 0 Å². The summed E-state index contributed by atoms with van der Waals surface area (Å²) in [7, 11) is 1.64. The van der Waals surface area contributed by atoms with Gasteiger partial charge in [0.2, 0.25) is 0 Å². The van der Waals surface area contributed by atoms with E-state index in [4.69, 9.17) is 9.47 Å². The third-order valence-electron chi connectivity index (χ3n) is 2.91. The number of ether oxygens (including phenoxy) is 2. The van der Waals surface area contributed by atoms with Crippen LogP contribution in [0.15, 0.2) is 40.9 Å². The molecule has 0 atom stereocenters. The molecule has 0 bridgehead atoms. The molecule has 104 valence electrons. The number of benzene rings is 2. The highest BCUT2D eigenvalue weighted by molar-refractivity contribution is 9.10. The van der Waals surface area contributed by atoms with Crippen LogP contribution in [0.2, 0.25) is 0 Å². The number of hydrogen-bond acceptors (Lipinski definition) is 3. The molecule has 3 nitrogen and oxygen atoms in total. The van der Waals surface area contributed by atoms with Gasteiger partial charge in [0.25, 0.3) is 0 Å². The smallest absolute Gasteiger partial charge is 0.150 e. The second-order valence-corrected chi connectivity index (χ2v) is 5.27. The lowest BCUT2D eigenvalue weighted by atomic mass is 10.1. The number of methoxy groups -OCH3 is 1. The average molecular weight is 335 g/mol. The van der Waals surface area contributed by atoms with Crippen molar-refractivity contribution in [3.8, 4) is 11.5 Å². The van der Waals surface area contributed by atoms with Crippen molar-refractivity contribution in [2.24, 2.45) is 0 Å². The molecule has 20 heavy (non-hydrogen) atoms. The summed E-state index contributed by atoms with van der Waals surface area (Å²) in [5.74, 6) is 1.50. The van der Waals surface area contributed by atoms with E-state index in [9.17, 15) is 4.79 Å². The van der Waals surface area contributed by atoms with E-state index in [2.05, 4.69) is 15.9 Å². The SMILES string of the molecule is COc1ccc(C)cc1COc1ccc(C=O)cc1Br. The van der Waals surface area contributed by atoms with Crippen LogP contribution in [-0.2, 0) is 6.61 Å². The molecule has 0 fully saturated rings. The molecular weight excluding hydrogens is 320 g/mol. The predicted octanol–water partition coefficient (Wildman–Crippen LogP) is 4.16. The topological polar surface area (TPSA) is 35.5 Å². The van der Waals surface area contributed by atoms with E-state index in [1.165, 1.54) is 0 Å². The van der Waals surface area contributed by atoms with Gasteiger partial charge in [0.15, 0.2) is 0 Å². The lowest BCUT2D eigenvalue weighted by Crippen LogP contribution is -2.00. The summed E-state index contributed by atoms with van der Waals surface area (Å²) in [6.45, 7) is 2.43. The van der Waals surface area contributed by atoms with Gasteiger partial charge in [0.1, 0.15) is 24.4 Å². The standard InChI is InChI=1S/C16H15BrO3/c1-11-3-5-15(19-2)13(7-11)10-20-16-6-4-12(9-18)8-14(16)17/h3-9H,10H2,1-2H3. The molecule has 2 aromatic rings. The van der Waals surface area contributed by atoms with E-state index >= 15 is 0 Å². The number of hydrogen-bond donors (Lipinski definition) is 0. The fourth-order valence-electron chi connectivity index (χ4n) is 1.88. The third kappa shape index (κ3) is 3.39. The summed E-state index contributed by atoms with van der Waals surface area (Å²) < 4.78 is 11.9. The minimum Gasteiger partial charge on any atom is -0.496 e. The Morgan fingerprint density at radius 1 is 1.15 bits per heavy atom. The molecule has 0 aromatic heterocycles. The van der Waals surface area contributed by atoms with Crippen molar-refractivity contribution in [1.82, 2.24) is 0 Å². The van der Waals surface area contributed by atoms with Crippen LogP contribution in [0, 0.1) is 6.92 Å². The number of aldehydes is 1. The summed E-state index contributed by atoms with van der Waals surface area (Å²) in [6.07, 6.45) is 0.804. The molecule has 0 heterocycles. The molecule has 2 rings (SSSR count). The lowest BCUT2D eigenvalue weighted by Gasteiger charge is -2.12. The number of carbonyl (C=O) groups is 1. The van der Waals surface area contributed by atoms with Crippen molar-refractivity contribution in [2.75, 3.05) is 7.11 Å². The zero-order chi connectivity index (χ0) is 14.5. The Hall–Kier alpha value is -1.81. The second-order valence-electron chi connectivity index (χ2n) is 4.41. The van der Waals surface area contributed by atoms with Gasteiger partial charge >= 0.3 is 0 Å². The van der Waals surface area contributed by atoms with Crippen molar-refractivity contribution in [3.05, 3.63) is 57.6 Å². The second kappa shape index (κ2) is 6.57. The van der Waals surface area contributed by atoms with Crippen LogP contribution < -0.4 is 9.47 Å². The van der Waals surface area contributed by atoms with Crippen molar-refractivity contribution in [3.63, 3.8) is 0 Å². The van der Waals surface area contributed by atoms with Gasteiger partial charge in [-0.1, -0.05) is 11.6 Å². The van der Waals surface area contributed by atoms with Crippen LogP contribution in [0.5, 0.6) is 11.5 Å². The number of rotatable bonds is 5. The van der Waals surface area contributed by atoms with E-state index in [1.54, 1.807) is 25.3 Å². The first kappa shape index (κ1) is 14.6. The quantitative estimate of drug-likeness (QED) is 0.770. The van der Waals surface area contributed by atoms with Crippen LogP contribution in [0.3, 0.4) is 0 Å². The molecule has 0 saturated carbocycles. The molecule has 4 heteroatoms. The summed E-state index contributed by atoms with van der Waals surface area (Å²) in [5, 5.41) is 0. The van der Waals surface area contributed by atoms with E-state index in [0.717, 1.165) is 27.6 Å². The molecule has 0 unspecified atom stereocenters. The average Bonchev–Trinajstić information content (AvgIpc) is 2.46. The zero-order valence-electron chi connectivity index (χ0n) is 11.4. The van der Waals surface area contributed by atoms with Crippen molar-refractivity contribution >= 4 is 22.2 Å². The minimum absolute atomic E-state index is 0.407. The van der Waals surface area contributed by atoms with Gasteiger partial charge in [-0.05, 0) is 53.2 Å². The largest absolute Gasteiger partial charge is 0.496 e. The number of carbonyl (C=O) groups excluding carboxylic acids is 1. The third-order valence-corrected chi connectivity index (χ3v) is 3.53. The summed E-state index contributed by atoms with van der Waals surface area (Å²) in [6, 6.07) is 11.2. The van der Waals surface area contributed by atoms with Crippen LogP contribution in [0.25, 0.3) is 0 Å². The highest BCUT2D eigenvalue weighted by Crippen LogP contribution is 2.28. The normalized spacial score (nSPS) is 10.2. The van der Waals surface area contributed by atoms with Gasteiger partial charge in [-0.3, -0.25) is 4.79 Å². The van der Waals surface area contributed by atoms with Crippen molar-refractivity contribution < 1.29 is 14.3 Å². The summed E-state index contributed by atoms with van der Waals surface area (Å²) >= 11 is 3.40. The Morgan fingerprint density at radius 3 is 2.55 bits per heavy atom. The maximum absolute atomic E-state index is 10.7. The first-order valence-electron chi connectivity index (χ1n) is 6.15. The van der Waals surface area contributed by atoms with Crippen LogP contribution in [-0.4, -0.2) is 13.4 Å². The van der Waals surface area contributed by atoms with Gasteiger partial charge in [-0.15, -0.1) is 0 Å². The highest BCUT2D eigenvalue weighted by atomic mass is 79.9. The Labute approximate surface area is 126 Å². The fourth-order valence-corrected chi connectivity index (χ4v) is 2.39. The van der Waals surface area contributed by atoms with E-state index in [-0.39, 0.29) is 0 Å². The van der Waals surface area contributed by atoms with Crippen molar-refractivity contribution in [1.29, 1.82) is 0 Å². The molecule has 0 aliphatic heterocycles. The van der Waals surface area contributed by atoms with E-state index in [1.807, 2.05) is 25.1 Å². The zero-order valence-corrected chi connectivity index (χ0v) is 12.9. The molecular formula is C16H15BrO3. The molecule has 0 radical (unpaired) electrons. The molecule has 0 aliphatic carbocycles. The molecule has 0 spiro atoms. The Kier molecular flexibility index (Phi) is 4.79. The molecule has 0 amide bonds. The van der Waals surface area contributed by atoms with Gasteiger partial charge in [-0.25, -0.2) is 0 Å². The van der Waals surface area contributed by atoms with Crippen LogP contribution in [0.1, 0.15) is 21.5 Å². The van der Waals surface area contributed by atoms with Crippen LogP contribution >= 0.6 is 15.9 Å². The minimum atomic E-state index is 0.407. The Balaban J connectivity index is 2.16. The van der Waals surface area contributed by atoms with E-state index in [0.29, 0.717) is 17.9 Å².